The van der Waals surface area contributed by atoms with Crippen LogP contribution in [0.4, 0.5) is 0 Å². The number of hydrogen-bond acceptors (Lipinski definition) is 10. The van der Waals surface area contributed by atoms with E-state index in [1.54, 1.807) is 97.1 Å². The Morgan fingerprint density at radius 2 is 0.538 bits per heavy atom. The van der Waals surface area contributed by atoms with Crippen LogP contribution in [0.1, 0.15) is 49.9 Å². The summed E-state index contributed by atoms with van der Waals surface area (Å²) in [5, 5.41) is 0. The quantitative estimate of drug-likeness (QED) is 0.132. The highest BCUT2D eigenvalue weighted by atomic mass is 16.5. The van der Waals surface area contributed by atoms with E-state index in [1.807, 2.05) is 24.3 Å². The lowest BCUT2D eigenvalue weighted by molar-refractivity contribution is -0.132. The highest BCUT2D eigenvalue weighted by molar-refractivity contribution is 5.84. The molecule has 0 aromatic heterocycles. The third-order valence-electron chi connectivity index (χ3n) is 7.52. The predicted octanol–water partition coefficient (Wildman–Crippen LogP) is 8.21. The van der Waals surface area contributed by atoms with E-state index in [2.05, 4.69) is 0 Å². The van der Waals surface area contributed by atoms with Gasteiger partial charge in [0.1, 0.15) is 46.0 Å². The molecule has 6 rings (SSSR count). The van der Waals surface area contributed by atoms with Crippen molar-refractivity contribution in [1.29, 1.82) is 0 Å². The van der Waals surface area contributed by atoms with Gasteiger partial charge in [0, 0.05) is 49.9 Å². The number of allylic oxidation sites excluding steroid dienone is 6. The Morgan fingerprint density at radius 3 is 0.712 bits per heavy atom. The molecule has 0 unspecified atom stereocenters. The molecule has 0 radical (unpaired) electrons. The fourth-order valence-corrected chi connectivity index (χ4v) is 5.32. The van der Waals surface area contributed by atoms with E-state index >= 15 is 0 Å². The maximum Gasteiger partial charge on any atom is 0.308 e. The SMILES string of the molecule is CC(=O)Oc1ccc(C2=CC(=C3C=C(c4ccc(OC(C)=O)cc4)OC(c4ccc(OC(C)=O)cc4)=C3)C=C(c3ccc(OC(C)=O)cc3)O2)cc1. The first-order chi connectivity index (χ1) is 25.0. The summed E-state index contributed by atoms with van der Waals surface area (Å²) in [6.45, 7) is 5.34. The van der Waals surface area contributed by atoms with Gasteiger partial charge in [-0.15, -0.1) is 0 Å². The standard InChI is InChI=1S/C42H32O10/c1-25(43)47-35-13-5-29(6-14-35)39-21-33(22-40(51-39)30-7-15-36(16-8-30)48-26(2)44)34-23-41(31-9-17-37(18-10-31)49-27(3)45)52-42(24-34)32-11-19-38(20-12-32)50-28(4)46/h5-24H,1-4H3. The zero-order valence-electron chi connectivity index (χ0n) is 28.6. The van der Waals surface area contributed by atoms with Crippen molar-refractivity contribution < 1.29 is 47.6 Å². The molecule has 10 nitrogen and oxygen atoms in total. The van der Waals surface area contributed by atoms with Gasteiger partial charge in [-0.1, -0.05) is 0 Å². The van der Waals surface area contributed by atoms with Crippen molar-refractivity contribution in [3.8, 4) is 23.0 Å². The molecule has 0 amide bonds. The van der Waals surface area contributed by atoms with E-state index in [9.17, 15) is 19.2 Å². The van der Waals surface area contributed by atoms with E-state index in [0.29, 0.717) is 46.0 Å². The summed E-state index contributed by atoms with van der Waals surface area (Å²) in [7, 11) is 0. The third-order valence-corrected chi connectivity index (χ3v) is 7.52. The second kappa shape index (κ2) is 15.3. The Balaban J connectivity index is 1.48. The number of rotatable bonds is 8. The van der Waals surface area contributed by atoms with Gasteiger partial charge in [0.15, 0.2) is 0 Å². The minimum atomic E-state index is -0.429. The molecule has 0 aliphatic carbocycles. The van der Waals surface area contributed by atoms with Crippen LogP contribution in [0.3, 0.4) is 0 Å². The summed E-state index contributed by atoms with van der Waals surface area (Å²) >= 11 is 0. The van der Waals surface area contributed by atoms with Crippen LogP contribution in [0.25, 0.3) is 23.0 Å². The van der Waals surface area contributed by atoms with Crippen LogP contribution in [0.2, 0.25) is 0 Å². The van der Waals surface area contributed by atoms with Gasteiger partial charge < -0.3 is 28.4 Å². The predicted molar refractivity (Wildman–Crippen MR) is 192 cm³/mol. The Kier molecular flexibility index (Phi) is 10.3. The van der Waals surface area contributed by atoms with Crippen LogP contribution in [0, 0.1) is 0 Å². The topological polar surface area (TPSA) is 124 Å². The number of ether oxygens (including phenoxy) is 6. The van der Waals surface area contributed by atoms with Gasteiger partial charge in [-0.2, -0.15) is 0 Å². The van der Waals surface area contributed by atoms with Crippen molar-refractivity contribution in [2.24, 2.45) is 0 Å². The molecule has 0 spiro atoms. The Morgan fingerprint density at radius 1 is 0.346 bits per heavy atom. The second-order valence-corrected chi connectivity index (χ2v) is 11.6. The lowest BCUT2D eigenvalue weighted by Gasteiger charge is -2.23. The van der Waals surface area contributed by atoms with Gasteiger partial charge in [0.25, 0.3) is 0 Å². The van der Waals surface area contributed by atoms with Crippen LogP contribution in [0.15, 0.2) is 133 Å². The normalized spacial score (nSPS) is 13.6. The third kappa shape index (κ3) is 8.80. The molecule has 0 saturated heterocycles. The molecule has 0 bridgehead atoms. The van der Waals surface area contributed by atoms with E-state index in [1.165, 1.54) is 27.7 Å². The van der Waals surface area contributed by atoms with Gasteiger partial charge in [0.05, 0.1) is 0 Å². The molecule has 0 saturated carbocycles. The molecule has 2 aliphatic heterocycles. The first-order valence-corrected chi connectivity index (χ1v) is 16.1. The number of carbonyl (C=O) groups excluding carboxylic acids is 4. The van der Waals surface area contributed by atoms with Crippen molar-refractivity contribution in [2.75, 3.05) is 0 Å². The zero-order chi connectivity index (χ0) is 36.8. The molecule has 0 atom stereocenters. The molecule has 0 fully saturated rings. The fraction of sp³-hybridized carbons (Fsp3) is 0.0952. The van der Waals surface area contributed by atoms with Crippen molar-refractivity contribution in [3.63, 3.8) is 0 Å². The Labute approximate surface area is 299 Å². The van der Waals surface area contributed by atoms with E-state index in [-0.39, 0.29) is 0 Å². The van der Waals surface area contributed by atoms with Gasteiger partial charge in [0.2, 0.25) is 0 Å². The van der Waals surface area contributed by atoms with Gasteiger partial charge in [-0.25, -0.2) is 0 Å². The van der Waals surface area contributed by atoms with Crippen LogP contribution in [0.5, 0.6) is 23.0 Å². The minimum absolute atomic E-state index is 0.395. The summed E-state index contributed by atoms with van der Waals surface area (Å²) in [6.07, 6.45) is 7.59. The fourth-order valence-electron chi connectivity index (χ4n) is 5.32. The molecular formula is C42H32O10. The van der Waals surface area contributed by atoms with Gasteiger partial charge >= 0.3 is 23.9 Å². The highest BCUT2D eigenvalue weighted by Crippen LogP contribution is 2.39. The summed E-state index contributed by atoms with van der Waals surface area (Å²) < 4.78 is 33.8. The van der Waals surface area contributed by atoms with Gasteiger partial charge in [-0.05, 0) is 133 Å². The minimum Gasteiger partial charge on any atom is -0.456 e. The van der Waals surface area contributed by atoms with E-state index < -0.39 is 23.9 Å². The van der Waals surface area contributed by atoms with E-state index in [0.717, 1.165) is 33.4 Å². The number of hydrogen-bond donors (Lipinski definition) is 0. The van der Waals surface area contributed by atoms with Crippen LogP contribution < -0.4 is 18.9 Å². The monoisotopic (exact) mass is 696 g/mol. The maximum atomic E-state index is 11.5. The molecule has 52 heavy (non-hydrogen) atoms. The van der Waals surface area contributed by atoms with Gasteiger partial charge in [-0.3, -0.25) is 19.2 Å². The molecular weight excluding hydrogens is 664 g/mol. The van der Waals surface area contributed by atoms with E-state index in [4.69, 9.17) is 28.4 Å². The summed E-state index contributed by atoms with van der Waals surface area (Å²) in [5.74, 6) is 1.95. The number of esters is 4. The summed E-state index contributed by atoms with van der Waals surface area (Å²) in [4.78, 5) is 46.1. The average molecular weight is 697 g/mol. The van der Waals surface area contributed by atoms with Crippen molar-refractivity contribution in [1.82, 2.24) is 0 Å². The second-order valence-electron chi connectivity index (χ2n) is 11.6. The summed E-state index contributed by atoms with van der Waals surface area (Å²) in [6, 6.07) is 27.8. The molecule has 2 heterocycles. The van der Waals surface area contributed by atoms with Crippen molar-refractivity contribution in [2.45, 2.75) is 27.7 Å². The lowest BCUT2D eigenvalue weighted by atomic mass is 9.96. The van der Waals surface area contributed by atoms with Crippen LogP contribution >= 0.6 is 0 Å². The molecule has 4 aromatic carbocycles. The molecule has 2 aliphatic rings. The van der Waals surface area contributed by atoms with Crippen LogP contribution in [-0.4, -0.2) is 23.9 Å². The first kappa shape index (κ1) is 34.9. The molecule has 260 valence electrons. The molecule has 0 N–H and O–H groups in total. The smallest absolute Gasteiger partial charge is 0.308 e. The Hall–Kier alpha value is -6.94. The number of carbonyl (C=O) groups is 4. The lowest BCUT2D eigenvalue weighted by Crippen LogP contribution is -2.05. The molecule has 4 aromatic rings. The Bertz CT molecular complexity index is 1880. The van der Waals surface area contributed by atoms with Crippen molar-refractivity contribution >= 4 is 46.9 Å². The zero-order valence-corrected chi connectivity index (χ0v) is 28.6. The first-order valence-electron chi connectivity index (χ1n) is 16.1. The molecule has 10 heteroatoms. The summed E-state index contributed by atoms with van der Waals surface area (Å²) in [5.41, 5.74) is 4.43. The largest absolute Gasteiger partial charge is 0.456 e. The van der Waals surface area contributed by atoms with Crippen molar-refractivity contribution in [3.05, 3.63) is 155 Å². The average Bonchev–Trinajstić information content (AvgIpc) is 3.11. The van der Waals surface area contributed by atoms with Crippen LogP contribution in [-0.2, 0) is 28.7 Å². The number of benzene rings is 4. The highest BCUT2D eigenvalue weighted by Gasteiger charge is 2.22. The maximum absolute atomic E-state index is 11.5.